The van der Waals surface area contributed by atoms with Crippen LogP contribution >= 0.6 is 0 Å². The van der Waals surface area contributed by atoms with Gasteiger partial charge in [0.2, 0.25) is 5.82 Å². The number of ether oxygens (including phenoxy) is 1. The number of nitrogens with zero attached hydrogens (tertiary/aromatic N) is 4. The first-order valence-corrected chi connectivity index (χ1v) is 8.10. The van der Waals surface area contributed by atoms with Crippen molar-refractivity contribution in [2.75, 3.05) is 17.9 Å². The average Bonchev–Trinajstić information content (AvgIpc) is 3.33. The summed E-state index contributed by atoms with van der Waals surface area (Å²) in [6, 6.07) is 10.1. The van der Waals surface area contributed by atoms with E-state index in [0.717, 1.165) is 11.4 Å². The quantitative estimate of drug-likeness (QED) is 0.447. The third-order valence-electron chi connectivity index (χ3n) is 3.98. The molecular weight excluding hydrogens is 366 g/mol. The molecule has 0 fully saturated rings. The Morgan fingerprint density at radius 1 is 1.29 bits per heavy atom. The average molecular weight is 381 g/mol. The largest absolute Gasteiger partial charge is 0.497 e. The molecule has 4 rings (SSSR count). The number of nitrogens with two attached hydrogens (primary N) is 1. The van der Waals surface area contributed by atoms with E-state index in [-0.39, 0.29) is 17.5 Å². The van der Waals surface area contributed by atoms with Crippen LogP contribution in [0, 0.1) is 10.1 Å². The molecule has 1 aromatic carbocycles. The first-order valence-electron chi connectivity index (χ1n) is 8.10. The molecular formula is C17H15N7O4. The van der Waals surface area contributed by atoms with Crippen LogP contribution < -0.4 is 21.2 Å². The zero-order valence-corrected chi connectivity index (χ0v) is 14.6. The number of furan rings is 1. The smallest absolute Gasteiger partial charge is 0.433 e. The van der Waals surface area contributed by atoms with E-state index < -0.39 is 4.92 Å². The second kappa shape index (κ2) is 6.79. The summed E-state index contributed by atoms with van der Waals surface area (Å²) in [6.07, 6.45) is 3.32. The molecule has 0 amide bonds. The van der Waals surface area contributed by atoms with Crippen molar-refractivity contribution < 1.29 is 14.1 Å². The fraction of sp³-hybridized carbons (Fsp3) is 0.0588. The molecule has 2 aromatic heterocycles. The van der Waals surface area contributed by atoms with Gasteiger partial charge in [0.05, 0.1) is 24.6 Å². The molecule has 1 aliphatic heterocycles. The van der Waals surface area contributed by atoms with Gasteiger partial charge in [-0.25, -0.2) is 4.68 Å². The van der Waals surface area contributed by atoms with Crippen LogP contribution in [0.15, 0.2) is 58.4 Å². The van der Waals surface area contributed by atoms with Crippen LogP contribution in [0.1, 0.15) is 5.82 Å². The first kappa shape index (κ1) is 17.1. The summed E-state index contributed by atoms with van der Waals surface area (Å²) in [5.74, 6) is 1.29. The molecule has 1 aliphatic rings. The number of nitrogens with one attached hydrogen (secondary N) is 2. The Morgan fingerprint density at radius 2 is 2.07 bits per heavy atom. The Kier molecular flexibility index (Phi) is 4.16. The second-order valence-electron chi connectivity index (χ2n) is 5.75. The fourth-order valence-electron chi connectivity index (χ4n) is 2.57. The third-order valence-corrected chi connectivity index (χ3v) is 3.98. The van der Waals surface area contributed by atoms with Gasteiger partial charge in [-0.05, 0) is 30.3 Å². The molecule has 28 heavy (non-hydrogen) atoms. The predicted molar refractivity (Wildman–Crippen MR) is 101 cm³/mol. The van der Waals surface area contributed by atoms with Gasteiger partial charge in [-0.1, -0.05) is 0 Å². The van der Waals surface area contributed by atoms with Crippen LogP contribution in [0.4, 0.5) is 11.6 Å². The fourth-order valence-corrected chi connectivity index (χ4v) is 2.57. The molecule has 0 bridgehead atoms. The zero-order chi connectivity index (χ0) is 19.7. The Labute approximate surface area is 158 Å². The highest BCUT2D eigenvalue weighted by Crippen LogP contribution is 2.27. The SMILES string of the molecule is COc1ccc(NC=C2Nn3c(nnc3-c3ccc([N+](=O)[O-])o3)C=C2N)cc1. The molecule has 0 saturated carbocycles. The minimum atomic E-state index is -0.619. The van der Waals surface area contributed by atoms with E-state index in [2.05, 4.69) is 20.9 Å². The number of hydrogen-bond acceptors (Lipinski definition) is 9. The number of fused-ring (bicyclic) bond motifs is 1. The van der Waals surface area contributed by atoms with Crippen molar-refractivity contribution in [1.29, 1.82) is 0 Å². The number of anilines is 1. The molecule has 0 saturated heterocycles. The van der Waals surface area contributed by atoms with Gasteiger partial charge in [0.25, 0.3) is 0 Å². The lowest BCUT2D eigenvalue weighted by Crippen LogP contribution is -2.25. The summed E-state index contributed by atoms with van der Waals surface area (Å²) in [6.45, 7) is 0. The van der Waals surface area contributed by atoms with Gasteiger partial charge in [-0.3, -0.25) is 15.5 Å². The molecule has 0 spiro atoms. The molecule has 11 nitrogen and oxygen atoms in total. The Morgan fingerprint density at radius 3 is 2.75 bits per heavy atom. The number of aromatic nitrogens is 3. The van der Waals surface area contributed by atoms with Gasteiger partial charge < -0.3 is 20.2 Å². The van der Waals surface area contributed by atoms with E-state index >= 15 is 0 Å². The molecule has 11 heteroatoms. The normalized spacial score (nSPS) is 14.2. The minimum Gasteiger partial charge on any atom is -0.497 e. The summed E-state index contributed by atoms with van der Waals surface area (Å²) < 4.78 is 11.9. The van der Waals surface area contributed by atoms with Gasteiger partial charge in [0.15, 0.2) is 11.6 Å². The van der Waals surface area contributed by atoms with Crippen LogP contribution in [0.5, 0.6) is 5.75 Å². The van der Waals surface area contributed by atoms with Gasteiger partial charge in [0, 0.05) is 18.0 Å². The summed E-state index contributed by atoms with van der Waals surface area (Å²) >= 11 is 0. The number of methoxy groups -OCH3 is 1. The lowest BCUT2D eigenvalue weighted by Gasteiger charge is -2.19. The van der Waals surface area contributed by atoms with Gasteiger partial charge in [-0.2, -0.15) is 0 Å². The van der Waals surface area contributed by atoms with E-state index in [4.69, 9.17) is 14.9 Å². The zero-order valence-electron chi connectivity index (χ0n) is 14.6. The molecule has 0 unspecified atom stereocenters. The Bertz CT molecular complexity index is 1100. The maximum atomic E-state index is 10.8. The van der Waals surface area contributed by atoms with Crippen LogP contribution in [0.25, 0.3) is 17.7 Å². The highest BCUT2D eigenvalue weighted by atomic mass is 16.6. The standard InChI is InChI=1S/C17H15N7O4/c1-27-11-4-2-10(3-5-11)19-9-13-12(18)8-15-20-21-17(23(15)22-13)14-6-7-16(28-14)24(25)26/h2-9,19,22H,18H2,1H3. The number of rotatable bonds is 5. The van der Waals surface area contributed by atoms with Crippen molar-refractivity contribution in [2.45, 2.75) is 0 Å². The maximum Gasteiger partial charge on any atom is 0.433 e. The molecule has 3 aromatic rings. The van der Waals surface area contributed by atoms with Crippen molar-refractivity contribution in [3.8, 4) is 17.3 Å². The summed E-state index contributed by atoms with van der Waals surface area (Å²) in [7, 11) is 1.60. The van der Waals surface area contributed by atoms with Crippen molar-refractivity contribution in [1.82, 2.24) is 14.9 Å². The highest BCUT2D eigenvalue weighted by molar-refractivity contribution is 5.63. The minimum absolute atomic E-state index is 0.203. The molecule has 3 heterocycles. The van der Waals surface area contributed by atoms with Crippen LogP contribution in [0.2, 0.25) is 0 Å². The third kappa shape index (κ3) is 3.11. The van der Waals surface area contributed by atoms with Gasteiger partial charge in [0.1, 0.15) is 10.7 Å². The van der Waals surface area contributed by atoms with E-state index in [1.54, 1.807) is 19.4 Å². The van der Waals surface area contributed by atoms with E-state index in [9.17, 15) is 10.1 Å². The van der Waals surface area contributed by atoms with Crippen molar-refractivity contribution >= 4 is 17.6 Å². The lowest BCUT2D eigenvalue weighted by molar-refractivity contribution is -0.401. The number of benzene rings is 1. The Balaban J connectivity index is 1.60. The van der Waals surface area contributed by atoms with Gasteiger partial charge in [-0.15, -0.1) is 10.2 Å². The van der Waals surface area contributed by atoms with Crippen molar-refractivity contribution in [2.24, 2.45) is 5.73 Å². The predicted octanol–water partition coefficient (Wildman–Crippen LogP) is 2.27. The maximum absolute atomic E-state index is 10.8. The van der Waals surface area contributed by atoms with Crippen LogP contribution in [-0.2, 0) is 0 Å². The summed E-state index contributed by atoms with van der Waals surface area (Å²) in [4.78, 5) is 10.2. The van der Waals surface area contributed by atoms with Crippen molar-refractivity contribution in [3.05, 3.63) is 69.9 Å². The van der Waals surface area contributed by atoms with E-state index in [1.807, 2.05) is 24.3 Å². The van der Waals surface area contributed by atoms with Crippen LogP contribution in [-0.4, -0.2) is 26.9 Å². The monoisotopic (exact) mass is 381 g/mol. The van der Waals surface area contributed by atoms with Crippen LogP contribution in [0.3, 0.4) is 0 Å². The summed E-state index contributed by atoms with van der Waals surface area (Å²) in [5.41, 5.74) is 11.0. The van der Waals surface area contributed by atoms with Crippen molar-refractivity contribution in [3.63, 3.8) is 0 Å². The topological polar surface area (TPSA) is 146 Å². The highest BCUT2D eigenvalue weighted by Gasteiger charge is 2.23. The van der Waals surface area contributed by atoms with Gasteiger partial charge >= 0.3 is 5.88 Å². The molecule has 142 valence electrons. The van der Waals surface area contributed by atoms with E-state index in [1.165, 1.54) is 16.8 Å². The molecule has 0 aliphatic carbocycles. The number of nitro groups is 1. The molecule has 0 radical (unpaired) electrons. The first-order chi connectivity index (χ1) is 13.5. The Hall–Kier alpha value is -4.28. The lowest BCUT2D eigenvalue weighted by atomic mass is 10.2. The number of hydrogen-bond donors (Lipinski definition) is 3. The second-order valence-corrected chi connectivity index (χ2v) is 5.75. The van der Waals surface area contributed by atoms with E-state index in [0.29, 0.717) is 17.2 Å². The molecule has 0 atom stereocenters. The molecule has 4 N–H and O–H groups in total. The summed E-state index contributed by atoms with van der Waals surface area (Å²) in [5, 5.41) is 22.0.